The number of aromatic nitrogens is 2. The van der Waals surface area contributed by atoms with E-state index in [-0.39, 0.29) is 0 Å². The van der Waals surface area contributed by atoms with E-state index in [1.165, 1.54) is 0 Å². The normalized spacial score (nSPS) is 29.1. The fourth-order valence-electron chi connectivity index (χ4n) is 3.98. The van der Waals surface area contributed by atoms with E-state index in [1.54, 1.807) is 14.9 Å². The fourth-order valence-corrected chi connectivity index (χ4v) is 5.67. The number of nitrogens with zero attached hydrogens (tertiary/aromatic N) is 5. The van der Waals surface area contributed by atoms with Crippen LogP contribution in [0.25, 0.3) is 0 Å². The van der Waals surface area contributed by atoms with Crippen molar-refractivity contribution in [2.45, 2.75) is 6.92 Å². The number of ether oxygens (including phenoxy) is 1. The molecule has 3 aliphatic rings. The van der Waals surface area contributed by atoms with Crippen molar-refractivity contribution in [2.24, 2.45) is 11.8 Å². The minimum absolute atomic E-state index is 0.371. The van der Waals surface area contributed by atoms with Gasteiger partial charge in [-0.3, -0.25) is 0 Å². The summed E-state index contributed by atoms with van der Waals surface area (Å²) in [5.41, 5.74) is 1.07. The topological polar surface area (TPSA) is 78.9 Å². The van der Waals surface area contributed by atoms with E-state index in [0.29, 0.717) is 51.2 Å². The van der Waals surface area contributed by atoms with Gasteiger partial charge in [-0.05, 0) is 18.8 Å². The van der Waals surface area contributed by atoms with Gasteiger partial charge < -0.3 is 9.64 Å². The van der Waals surface area contributed by atoms with Crippen molar-refractivity contribution in [1.82, 2.24) is 18.6 Å². The Morgan fingerprint density at radius 3 is 2.38 bits per heavy atom. The maximum absolute atomic E-state index is 12.8. The summed E-state index contributed by atoms with van der Waals surface area (Å²) in [6, 6.07) is 0. The van der Waals surface area contributed by atoms with Gasteiger partial charge in [0.2, 0.25) is 0 Å². The molecule has 0 aromatic carbocycles. The van der Waals surface area contributed by atoms with Gasteiger partial charge >= 0.3 is 0 Å². The Morgan fingerprint density at radius 1 is 1.08 bits per heavy atom. The molecule has 3 fully saturated rings. The van der Waals surface area contributed by atoms with Crippen molar-refractivity contribution in [3.05, 3.63) is 18.1 Å². The van der Waals surface area contributed by atoms with Crippen molar-refractivity contribution in [3.8, 4) is 0 Å². The third-order valence-electron chi connectivity index (χ3n) is 5.24. The Kier molecular flexibility index (Phi) is 4.19. The zero-order valence-corrected chi connectivity index (χ0v) is 14.7. The predicted octanol–water partition coefficient (Wildman–Crippen LogP) is -0.270. The predicted molar refractivity (Wildman–Crippen MR) is 88.8 cm³/mol. The lowest BCUT2D eigenvalue weighted by Gasteiger charge is -2.31. The lowest BCUT2D eigenvalue weighted by Crippen LogP contribution is -2.48. The van der Waals surface area contributed by atoms with Crippen LogP contribution >= 0.6 is 0 Å². The molecule has 2 atom stereocenters. The highest BCUT2D eigenvalue weighted by Crippen LogP contribution is 2.35. The number of aryl methyl sites for hydroxylation is 1. The van der Waals surface area contributed by atoms with Crippen LogP contribution in [0.5, 0.6) is 0 Å². The summed E-state index contributed by atoms with van der Waals surface area (Å²) in [5.74, 6) is 1.72. The molecule has 24 heavy (non-hydrogen) atoms. The highest BCUT2D eigenvalue weighted by molar-refractivity contribution is 7.86. The number of hydrogen-bond donors (Lipinski definition) is 0. The Hall–Kier alpha value is -1.29. The van der Waals surface area contributed by atoms with Crippen molar-refractivity contribution < 1.29 is 13.2 Å². The molecule has 0 amide bonds. The summed E-state index contributed by atoms with van der Waals surface area (Å²) in [7, 11) is -3.35. The molecule has 0 N–H and O–H groups in total. The minimum Gasteiger partial charge on any atom is -0.379 e. The SMILES string of the molecule is Cc1cncnc1N1CC2CN(S(=O)(=O)N3CCOCC3)CC2C1. The molecule has 0 aliphatic carbocycles. The largest absolute Gasteiger partial charge is 0.379 e. The van der Waals surface area contributed by atoms with E-state index in [2.05, 4.69) is 14.9 Å². The lowest BCUT2D eigenvalue weighted by molar-refractivity contribution is 0.0705. The Balaban J connectivity index is 1.43. The average Bonchev–Trinajstić information content (AvgIpc) is 3.15. The first-order valence-corrected chi connectivity index (χ1v) is 9.80. The number of anilines is 1. The van der Waals surface area contributed by atoms with Crippen molar-refractivity contribution in [1.29, 1.82) is 0 Å². The van der Waals surface area contributed by atoms with E-state index in [1.807, 2.05) is 13.1 Å². The highest BCUT2D eigenvalue weighted by atomic mass is 32.2. The number of rotatable bonds is 3. The van der Waals surface area contributed by atoms with Crippen LogP contribution < -0.4 is 4.90 Å². The van der Waals surface area contributed by atoms with Crippen LogP contribution in [-0.2, 0) is 14.9 Å². The molecular formula is C15H23N5O3S. The zero-order valence-electron chi connectivity index (χ0n) is 13.8. The Labute approximate surface area is 142 Å². The van der Waals surface area contributed by atoms with E-state index in [0.717, 1.165) is 24.5 Å². The highest BCUT2D eigenvalue weighted by Gasteiger charge is 2.46. The molecular weight excluding hydrogens is 330 g/mol. The van der Waals surface area contributed by atoms with Crippen LogP contribution in [0.3, 0.4) is 0 Å². The van der Waals surface area contributed by atoms with Crippen LogP contribution in [0.4, 0.5) is 5.82 Å². The van der Waals surface area contributed by atoms with E-state index >= 15 is 0 Å². The van der Waals surface area contributed by atoms with Crippen LogP contribution in [-0.4, -0.2) is 79.5 Å². The molecule has 1 aromatic rings. The van der Waals surface area contributed by atoms with Gasteiger partial charge in [-0.1, -0.05) is 0 Å². The first-order chi connectivity index (χ1) is 11.6. The summed E-state index contributed by atoms with van der Waals surface area (Å²) >= 11 is 0. The maximum Gasteiger partial charge on any atom is 0.282 e. The molecule has 1 aromatic heterocycles. The molecule has 0 saturated carbocycles. The Morgan fingerprint density at radius 2 is 1.75 bits per heavy atom. The molecule has 0 spiro atoms. The van der Waals surface area contributed by atoms with Crippen molar-refractivity contribution >= 4 is 16.0 Å². The molecule has 2 unspecified atom stereocenters. The van der Waals surface area contributed by atoms with Gasteiger partial charge in [0, 0.05) is 51.0 Å². The van der Waals surface area contributed by atoms with Gasteiger partial charge in [0.25, 0.3) is 10.2 Å². The summed E-state index contributed by atoms with van der Waals surface area (Å²) in [6.07, 6.45) is 3.40. The maximum atomic E-state index is 12.8. The van der Waals surface area contributed by atoms with Gasteiger partial charge in [0.1, 0.15) is 12.1 Å². The monoisotopic (exact) mass is 353 g/mol. The van der Waals surface area contributed by atoms with Gasteiger partial charge in [-0.25, -0.2) is 9.97 Å². The third-order valence-corrected chi connectivity index (χ3v) is 7.21. The second-order valence-corrected chi connectivity index (χ2v) is 8.72. The molecule has 3 saturated heterocycles. The van der Waals surface area contributed by atoms with Crippen LogP contribution in [0.15, 0.2) is 12.5 Å². The zero-order chi connectivity index (χ0) is 16.7. The summed E-state index contributed by atoms with van der Waals surface area (Å²) in [4.78, 5) is 10.7. The molecule has 0 radical (unpaired) electrons. The third kappa shape index (κ3) is 2.79. The molecule has 0 bridgehead atoms. The van der Waals surface area contributed by atoms with E-state index in [9.17, 15) is 8.42 Å². The fraction of sp³-hybridized carbons (Fsp3) is 0.733. The number of fused-ring (bicyclic) bond motifs is 1. The van der Waals surface area contributed by atoms with Crippen LogP contribution in [0.2, 0.25) is 0 Å². The van der Waals surface area contributed by atoms with Gasteiger partial charge in [0.15, 0.2) is 0 Å². The smallest absolute Gasteiger partial charge is 0.282 e. The van der Waals surface area contributed by atoms with Gasteiger partial charge in [0.05, 0.1) is 13.2 Å². The molecule has 8 nitrogen and oxygen atoms in total. The molecule has 4 heterocycles. The van der Waals surface area contributed by atoms with Crippen LogP contribution in [0.1, 0.15) is 5.56 Å². The Bertz CT molecular complexity index is 693. The van der Waals surface area contributed by atoms with Gasteiger partial charge in [-0.15, -0.1) is 0 Å². The number of hydrogen-bond acceptors (Lipinski definition) is 6. The molecule has 4 rings (SSSR count). The first-order valence-electron chi connectivity index (χ1n) is 8.40. The molecule has 9 heteroatoms. The number of morpholine rings is 1. The second kappa shape index (κ2) is 6.21. The van der Waals surface area contributed by atoms with Crippen molar-refractivity contribution in [2.75, 3.05) is 57.4 Å². The molecule has 132 valence electrons. The molecule has 3 aliphatic heterocycles. The lowest BCUT2D eigenvalue weighted by atomic mass is 10.0. The standard InChI is InChI=1S/C15H23N5O3S/c1-12-6-16-11-17-15(12)18-7-13-9-20(10-14(13)8-18)24(21,22)19-2-4-23-5-3-19/h6,11,13-14H,2-5,7-10H2,1H3. The first kappa shape index (κ1) is 16.2. The van der Waals surface area contributed by atoms with E-state index in [4.69, 9.17) is 4.74 Å². The summed E-state index contributed by atoms with van der Waals surface area (Å²) in [5, 5.41) is 0. The average molecular weight is 353 g/mol. The van der Waals surface area contributed by atoms with Crippen LogP contribution in [0, 0.1) is 18.8 Å². The van der Waals surface area contributed by atoms with Crippen molar-refractivity contribution in [3.63, 3.8) is 0 Å². The quantitative estimate of drug-likeness (QED) is 0.744. The summed E-state index contributed by atoms with van der Waals surface area (Å²) < 4.78 is 34.1. The second-order valence-electron chi connectivity index (χ2n) is 6.79. The van der Waals surface area contributed by atoms with Gasteiger partial charge in [-0.2, -0.15) is 17.0 Å². The summed E-state index contributed by atoms with van der Waals surface area (Å²) in [6.45, 7) is 6.83. The van der Waals surface area contributed by atoms with E-state index < -0.39 is 10.2 Å². The minimum atomic E-state index is -3.35.